The quantitative estimate of drug-likeness (QED) is 0.488. The van der Waals surface area contributed by atoms with E-state index < -0.39 is 11.7 Å². The first-order valence-electron chi connectivity index (χ1n) is 9.60. The highest BCUT2D eigenvalue weighted by Crippen LogP contribution is 2.37. The maximum Gasteiger partial charge on any atom is 0.417 e. The predicted molar refractivity (Wildman–Crippen MR) is 104 cm³/mol. The second-order valence-electron chi connectivity index (χ2n) is 7.17. The van der Waals surface area contributed by atoms with Crippen LogP contribution in [0.4, 0.5) is 13.2 Å². The lowest BCUT2D eigenvalue weighted by Crippen LogP contribution is -2.38. The van der Waals surface area contributed by atoms with Crippen LogP contribution >= 0.6 is 15.9 Å². The molecule has 1 aliphatic rings. The van der Waals surface area contributed by atoms with E-state index in [1.54, 1.807) is 13.0 Å². The van der Waals surface area contributed by atoms with E-state index in [2.05, 4.69) is 20.8 Å². The van der Waals surface area contributed by atoms with E-state index in [-0.39, 0.29) is 22.3 Å². The van der Waals surface area contributed by atoms with Crippen LogP contribution in [0.15, 0.2) is 22.7 Å². The first kappa shape index (κ1) is 23.0. The van der Waals surface area contributed by atoms with Gasteiger partial charge in [0.25, 0.3) is 0 Å². The van der Waals surface area contributed by atoms with Gasteiger partial charge < -0.3 is 9.47 Å². The molecule has 0 aliphatic carbocycles. The largest absolute Gasteiger partial charge is 0.491 e. The Labute approximate surface area is 172 Å². The van der Waals surface area contributed by atoms with Crippen LogP contribution in [0, 0.1) is 5.92 Å². The zero-order valence-electron chi connectivity index (χ0n) is 16.2. The molecule has 158 valence electrons. The normalized spacial score (nSPS) is 17.4. The number of hydrogen-bond donors (Lipinski definition) is 0. The summed E-state index contributed by atoms with van der Waals surface area (Å²) in [5.41, 5.74) is -0.730. The van der Waals surface area contributed by atoms with Crippen LogP contribution in [0.2, 0.25) is 0 Å². The molecular weight excluding hydrogens is 439 g/mol. The van der Waals surface area contributed by atoms with E-state index in [9.17, 15) is 18.0 Å². The molecular formula is C20H27BrF3NO3. The standard InChI is InChI=1S/C20H27BrF3NO3/c1-3-27-19(26)13-25-10-8-15(9-11-25)5-4-14(2)28-16-6-7-18(21)17(12-16)20(22,23)24/h6-7,12,14-15H,3-5,8-11,13H2,1-2H3/t14-/m1/s1. The molecule has 1 fully saturated rings. The number of benzene rings is 1. The molecule has 1 aromatic rings. The maximum atomic E-state index is 13.0. The number of rotatable bonds is 8. The molecule has 0 radical (unpaired) electrons. The Balaban J connectivity index is 1.75. The Hall–Kier alpha value is -1.28. The summed E-state index contributed by atoms with van der Waals surface area (Å²) < 4.78 is 49.7. The van der Waals surface area contributed by atoms with Gasteiger partial charge in [-0.2, -0.15) is 13.2 Å². The summed E-state index contributed by atoms with van der Waals surface area (Å²) in [6, 6.07) is 3.95. The molecule has 28 heavy (non-hydrogen) atoms. The van der Waals surface area contributed by atoms with Crippen molar-refractivity contribution in [2.24, 2.45) is 5.92 Å². The molecule has 0 N–H and O–H groups in total. The number of esters is 1. The number of hydrogen-bond acceptors (Lipinski definition) is 4. The number of piperidine rings is 1. The molecule has 2 rings (SSSR count). The zero-order chi connectivity index (χ0) is 20.7. The molecule has 1 saturated heterocycles. The Morgan fingerprint density at radius 1 is 1.32 bits per heavy atom. The minimum Gasteiger partial charge on any atom is -0.491 e. The molecule has 8 heteroatoms. The van der Waals surface area contributed by atoms with Crippen LogP contribution in [-0.2, 0) is 15.7 Å². The van der Waals surface area contributed by atoms with E-state index in [1.807, 2.05) is 6.92 Å². The summed E-state index contributed by atoms with van der Waals surface area (Å²) in [5.74, 6) is 0.586. The Morgan fingerprint density at radius 3 is 2.61 bits per heavy atom. The number of likely N-dealkylation sites (tertiary alicyclic amines) is 1. The number of alkyl halides is 3. The average Bonchev–Trinajstić information content (AvgIpc) is 2.62. The van der Waals surface area contributed by atoms with Gasteiger partial charge in [0.05, 0.1) is 24.8 Å². The third-order valence-electron chi connectivity index (χ3n) is 4.93. The first-order chi connectivity index (χ1) is 13.2. The minimum atomic E-state index is -4.42. The van der Waals surface area contributed by atoms with E-state index in [1.165, 1.54) is 6.07 Å². The van der Waals surface area contributed by atoms with Crippen molar-refractivity contribution >= 4 is 21.9 Å². The van der Waals surface area contributed by atoms with Gasteiger partial charge in [0.1, 0.15) is 5.75 Å². The monoisotopic (exact) mass is 465 g/mol. The van der Waals surface area contributed by atoms with Gasteiger partial charge in [-0.05, 0) is 76.7 Å². The zero-order valence-corrected chi connectivity index (χ0v) is 17.8. The van der Waals surface area contributed by atoms with Crippen molar-refractivity contribution < 1.29 is 27.4 Å². The molecule has 4 nitrogen and oxygen atoms in total. The molecule has 1 aromatic carbocycles. The number of carbonyl (C=O) groups excluding carboxylic acids is 1. The summed E-state index contributed by atoms with van der Waals surface area (Å²) in [6.07, 6.45) is -0.846. The molecule has 0 saturated carbocycles. The van der Waals surface area contributed by atoms with Crippen molar-refractivity contribution in [2.45, 2.75) is 51.8 Å². The Morgan fingerprint density at radius 2 is 2.00 bits per heavy atom. The number of nitrogens with zero attached hydrogens (tertiary/aromatic N) is 1. The second-order valence-corrected chi connectivity index (χ2v) is 8.02. The third kappa shape index (κ3) is 7.28. The molecule has 1 atom stereocenters. The van der Waals surface area contributed by atoms with Crippen LogP contribution in [0.5, 0.6) is 5.75 Å². The second kappa shape index (κ2) is 10.5. The highest BCUT2D eigenvalue weighted by atomic mass is 79.9. The lowest BCUT2D eigenvalue weighted by molar-refractivity contribution is -0.144. The summed E-state index contributed by atoms with van der Waals surface area (Å²) in [5, 5.41) is 0. The molecule has 0 unspecified atom stereocenters. The van der Waals surface area contributed by atoms with Gasteiger partial charge in [0.2, 0.25) is 0 Å². The Kier molecular flexibility index (Phi) is 8.61. The molecule has 0 amide bonds. The van der Waals surface area contributed by atoms with Crippen LogP contribution in [0.25, 0.3) is 0 Å². The van der Waals surface area contributed by atoms with E-state index in [0.29, 0.717) is 19.1 Å². The lowest BCUT2D eigenvalue weighted by atomic mass is 9.91. The van der Waals surface area contributed by atoms with Gasteiger partial charge in [-0.1, -0.05) is 15.9 Å². The summed E-state index contributed by atoms with van der Waals surface area (Å²) in [6.45, 7) is 6.14. The fraction of sp³-hybridized carbons (Fsp3) is 0.650. The van der Waals surface area contributed by atoms with Crippen molar-refractivity contribution in [3.05, 3.63) is 28.2 Å². The molecule has 0 aromatic heterocycles. The fourth-order valence-electron chi connectivity index (χ4n) is 3.38. The average molecular weight is 466 g/mol. The summed E-state index contributed by atoms with van der Waals surface area (Å²) in [4.78, 5) is 13.6. The topological polar surface area (TPSA) is 38.8 Å². The number of halogens is 4. The van der Waals surface area contributed by atoms with Gasteiger partial charge in [0, 0.05) is 4.47 Å². The minimum absolute atomic E-state index is 0.00887. The lowest BCUT2D eigenvalue weighted by Gasteiger charge is -2.31. The number of ether oxygens (including phenoxy) is 2. The van der Waals surface area contributed by atoms with Gasteiger partial charge in [-0.15, -0.1) is 0 Å². The van der Waals surface area contributed by atoms with Gasteiger partial charge >= 0.3 is 12.1 Å². The summed E-state index contributed by atoms with van der Waals surface area (Å²) >= 11 is 2.94. The maximum absolute atomic E-state index is 13.0. The van der Waals surface area contributed by atoms with Crippen molar-refractivity contribution in [2.75, 3.05) is 26.2 Å². The Bertz CT molecular complexity index is 646. The fourth-order valence-corrected chi connectivity index (χ4v) is 3.85. The van der Waals surface area contributed by atoms with E-state index in [4.69, 9.17) is 9.47 Å². The van der Waals surface area contributed by atoms with Crippen molar-refractivity contribution in [1.82, 2.24) is 4.90 Å². The molecule has 1 heterocycles. The van der Waals surface area contributed by atoms with Crippen molar-refractivity contribution in [3.8, 4) is 5.75 Å². The highest BCUT2D eigenvalue weighted by molar-refractivity contribution is 9.10. The number of carbonyl (C=O) groups is 1. The van der Waals surface area contributed by atoms with Crippen molar-refractivity contribution in [1.29, 1.82) is 0 Å². The highest BCUT2D eigenvalue weighted by Gasteiger charge is 2.33. The smallest absolute Gasteiger partial charge is 0.417 e. The van der Waals surface area contributed by atoms with Crippen molar-refractivity contribution in [3.63, 3.8) is 0 Å². The van der Waals surface area contributed by atoms with Gasteiger partial charge in [0.15, 0.2) is 0 Å². The van der Waals surface area contributed by atoms with Crippen LogP contribution in [-0.4, -0.2) is 43.2 Å². The summed E-state index contributed by atoms with van der Waals surface area (Å²) in [7, 11) is 0. The van der Waals surface area contributed by atoms with Crippen LogP contribution < -0.4 is 4.74 Å². The van der Waals surface area contributed by atoms with Gasteiger partial charge in [-0.3, -0.25) is 9.69 Å². The van der Waals surface area contributed by atoms with E-state index in [0.717, 1.165) is 44.8 Å². The predicted octanol–water partition coefficient (Wildman–Crippen LogP) is 5.29. The van der Waals surface area contributed by atoms with Crippen LogP contribution in [0.1, 0.15) is 45.1 Å². The third-order valence-corrected chi connectivity index (χ3v) is 5.62. The molecule has 0 spiro atoms. The molecule has 1 aliphatic heterocycles. The van der Waals surface area contributed by atoms with Crippen LogP contribution in [0.3, 0.4) is 0 Å². The van der Waals surface area contributed by atoms with Gasteiger partial charge in [-0.25, -0.2) is 0 Å². The SMILES string of the molecule is CCOC(=O)CN1CCC(CC[C@@H](C)Oc2ccc(Br)c(C(F)(F)F)c2)CC1. The van der Waals surface area contributed by atoms with E-state index >= 15 is 0 Å². The molecule has 0 bridgehead atoms. The first-order valence-corrected chi connectivity index (χ1v) is 10.4.